The first-order valence-corrected chi connectivity index (χ1v) is 7.45. The SMILES string of the molecule is CCNCc1ccc(Sc2cnn(C)c2)c(Br)c1. The van der Waals surface area contributed by atoms with Gasteiger partial charge in [-0.25, -0.2) is 0 Å². The van der Waals surface area contributed by atoms with Crippen LogP contribution in [0.4, 0.5) is 0 Å². The lowest BCUT2D eigenvalue weighted by Crippen LogP contribution is -2.11. The summed E-state index contributed by atoms with van der Waals surface area (Å²) in [5.41, 5.74) is 1.29. The van der Waals surface area contributed by atoms with Crippen LogP contribution in [-0.2, 0) is 13.6 Å². The molecule has 0 aliphatic heterocycles. The topological polar surface area (TPSA) is 29.9 Å². The number of benzene rings is 1. The molecule has 0 unspecified atom stereocenters. The second-order valence-electron chi connectivity index (χ2n) is 4.00. The van der Waals surface area contributed by atoms with Crippen molar-refractivity contribution < 1.29 is 0 Å². The molecule has 2 aromatic rings. The Balaban J connectivity index is 2.09. The molecule has 0 atom stereocenters. The number of hydrogen-bond acceptors (Lipinski definition) is 3. The van der Waals surface area contributed by atoms with E-state index in [4.69, 9.17) is 0 Å². The highest BCUT2D eigenvalue weighted by Gasteiger charge is 2.05. The van der Waals surface area contributed by atoms with Crippen LogP contribution in [0.3, 0.4) is 0 Å². The lowest BCUT2D eigenvalue weighted by atomic mass is 10.2. The van der Waals surface area contributed by atoms with Crippen molar-refractivity contribution in [1.29, 1.82) is 0 Å². The smallest absolute Gasteiger partial charge is 0.0629 e. The number of halogens is 1. The summed E-state index contributed by atoms with van der Waals surface area (Å²) in [6.45, 7) is 4.01. The van der Waals surface area contributed by atoms with Crippen molar-refractivity contribution in [3.05, 3.63) is 40.6 Å². The van der Waals surface area contributed by atoms with Gasteiger partial charge in [0.15, 0.2) is 0 Å². The van der Waals surface area contributed by atoms with Gasteiger partial charge in [0, 0.05) is 29.2 Å². The van der Waals surface area contributed by atoms with E-state index >= 15 is 0 Å². The number of rotatable bonds is 5. The molecule has 0 saturated heterocycles. The molecule has 3 nitrogen and oxygen atoms in total. The largest absolute Gasteiger partial charge is 0.313 e. The van der Waals surface area contributed by atoms with Gasteiger partial charge in [-0.05, 0) is 40.2 Å². The summed E-state index contributed by atoms with van der Waals surface area (Å²) >= 11 is 5.34. The zero-order chi connectivity index (χ0) is 13.0. The van der Waals surface area contributed by atoms with Crippen LogP contribution in [0.1, 0.15) is 12.5 Å². The fraction of sp³-hybridized carbons (Fsp3) is 0.308. The van der Waals surface area contributed by atoms with Crippen molar-refractivity contribution in [1.82, 2.24) is 15.1 Å². The van der Waals surface area contributed by atoms with Crippen molar-refractivity contribution in [2.45, 2.75) is 23.3 Å². The van der Waals surface area contributed by atoms with Crippen LogP contribution in [0.5, 0.6) is 0 Å². The van der Waals surface area contributed by atoms with Crippen LogP contribution in [0.25, 0.3) is 0 Å². The molecule has 1 aromatic heterocycles. The first kappa shape index (κ1) is 13.6. The highest BCUT2D eigenvalue weighted by molar-refractivity contribution is 9.10. The van der Waals surface area contributed by atoms with Crippen LogP contribution >= 0.6 is 27.7 Å². The standard InChI is InChI=1S/C13H16BrN3S/c1-3-15-7-10-4-5-13(12(14)6-10)18-11-8-16-17(2)9-11/h4-6,8-9,15H,3,7H2,1-2H3. The van der Waals surface area contributed by atoms with E-state index in [1.165, 1.54) is 10.5 Å². The second kappa shape index (κ2) is 6.41. The summed E-state index contributed by atoms with van der Waals surface area (Å²) in [6, 6.07) is 6.47. The van der Waals surface area contributed by atoms with Gasteiger partial charge >= 0.3 is 0 Å². The van der Waals surface area contributed by atoms with Gasteiger partial charge in [-0.15, -0.1) is 0 Å². The number of aryl methyl sites for hydroxylation is 1. The first-order valence-electron chi connectivity index (χ1n) is 5.84. The van der Waals surface area contributed by atoms with Gasteiger partial charge in [-0.1, -0.05) is 24.8 Å². The van der Waals surface area contributed by atoms with Crippen LogP contribution in [-0.4, -0.2) is 16.3 Å². The lowest BCUT2D eigenvalue weighted by molar-refractivity contribution is 0.726. The molecular formula is C13H16BrN3S. The molecule has 0 aliphatic rings. The third-order valence-corrected chi connectivity index (χ3v) is 4.43. The predicted molar refractivity (Wildman–Crippen MR) is 78.9 cm³/mol. The van der Waals surface area contributed by atoms with E-state index in [2.05, 4.69) is 51.5 Å². The third-order valence-electron chi connectivity index (χ3n) is 2.48. The zero-order valence-corrected chi connectivity index (χ0v) is 12.9. The quantitative estimate of drug-likeness (QED) is 0.913. The van der Waals surface area contributed by atoms with Crippen molar-refractivity contribution >= 4 is 27.7 Å². The summed E-state index contributed by atoms with van der Waals surface area (Å²) in [7, 11) is 1.93. The van der Waals surface area contributed by atoms with Crippen LogP contribution in [0.15, 0.2) is 44.9 Å². The molecule has 0 radical (unpaired) electrons. The molecule has 0 saturated carbocycles. The molecule has 1 heterocycles. The van der Waals surface area contributed by atoms with E-state index in [0.717, 1.165) is 22.5 Å². The minimum Gasteiger partial charge on any atom is -0.313 e. The highest BCUT2D eigenvalue weighted by atomic mass is 79.9. The van der Waals surface area contributed by atoms with E-state index < -0.39 is 0 Å². The van der Waals surface area contributed by atoms with Crippen molar-refractivity contribution in [2.75, 3.05) is 6.54 Å². The fourth-order valence-corrected chi connectivity index (χ4v) is 3.11. The first-order chi connectivity index (χ1) is 8.69. The minimum absolute atomic E-state index is 0.910. The van der Waals surface area contributed by atoms with Gasteiger partial charge in [-0.2, -0.15) is 5.10 Å². The molecule has 0 bridgehead atoms. The van der Waals surface area contributed by atoms with Gasteiger partial charge in [-0.3, -0.25) is 4.68 Å². The maximum atomic E-state index is 4.17. The molecule has 0 fully saturated rings. The monoisotopic (exact) mass is 325 g/mol. The maximum Gasteiger partial charge on any atom is 0.0629 e. The summed E-state index contributed by atoms with van der Waals surface area (Å²) in [4.78, 5) is 2.36. The van der Waals surface area contributed by atoms with Gasteiger partial charge in [0.25, 0.3) is 0 Å². The van der Waals surface area contributed by atoms with Gasteiger partial charge in [0.05, 0.1) is 11.1 Å². The van der Waals surface area contributed by atoms with Crippen LogP contribution in [0.2, 0.25) is 0 Å². The number of nitrogens with zero attached hydrogens (tertiary/aromatic N) is 2. The molecule has 0 amide bonds. The highest BCUT2D eigenvalue weighted by Crippen LogP contribution is 2.33. The molecule has 1 N–H and O–H groups in total. The zero-order valence-electron chi connectivity index (χ0n) is 10.5. The van der Waals surface area contributed by atoms with E-state index in [1.54, 1.807) is 11.8 Å². The Bertz CT molecular complexity index is 525. The van der Waals surface area contributed by atoms with Crippen molar-refractivity contribution in [3.8, 4) is 0 Å². The second-order valence-corrected chi connectivity index (χ2v) is 5.97. The van der Waals surface area contributed by atoms with Gasteiger partial charge < -0.3 is 5.32 Å². The molecule has 2 rings (SSSR count). The third kappa shape index (κ3) is 3.60. The molecule has 96 valence electrons. The Morgan fingerprint density at radius 3 is 2.89 bits per heavy atom. The van der Waals surface area contributed by atoms with Gasteiger partial charge in [0.1, 0.15) is 0 Å². The summed E-state index contributed by atoms with van der Waals surface area (Å²) in [5.74, 6) is 0. The van der Waals surface area contributed by atoms with Gasteiger partial charge in [0.2, 0.25) is 0 Å². The Labute approximate surface area is 120 Å². The lowest BCUT2D eigenvalue weighted by Gasteiger charge is -2.06. The van der Waals surface area contributed by atoms with Crippen molar-refractivity contribution in [2.24, 2.45) is 7.05 Å². The minimum atomic E-state index is 0.910. The number of aromatic nitrogens is 2. The average Bonchev–Trinajstić information content (AvgIpc) is 2.75. The Morgan fingerprint density at radius 2 is 2.28 bits per heavy atom. The Morgan fingerprint density at radius 1 is 1.44 bits per heavy atom. The predicted octanol–water partition coefficient (Wildman–Crippen LogP) is 3.44. The summed E-state index contributed by atoms with van der Waals surface area (Å²) < 4.78 is 2.95. The van der Waals surface area contributed by atoms with E-state index in [-0.39, 0.29) is 0 Å². The molecule has 0 aliphatic carbocycles. The average molecular weight is 326 g/mol. The van der Waals surface area contributed by atoms with Crippen molar-refractivity contribution in [3.63, 3.8) is 0 Å². The van der Waals surface area contributed by atoms with Crippen LogP contribution < -0.4 is 5.32 Å². The van der Waals surface area contributed by atoms with E-state index in [9.17, 15) is 0 Å². The number of nitrogens with one attached hydrogen (secondary N) is 1. The summed E-state index contributed by atoms with van der Waals surface area (Å²) in [6.07, 6.45) is 3.90. The molecule has 0 spiro atoms. The maximum absolute atomic E-state index is 4.17. The molecular weight excluding hydrogens is 310 g/mol. The fourth-order valence-electron chi connectivity index (χ4n) is 1.58. The number of hydrogen-bond donors (Lipinski definition) is 1. The molecule has 5 heteroatoms. The Hall–Kier alpha value is -0.780. The van der Waals surface area contributed by atoms with Crippen LogP contribution in [0, 0.1) is 0 Å². The molecule has 1 aromatic carbocycles. The van der Waals surface area contributed by atoms with E-state index in [1.807, 2.05) is 24.1 Å². The summed E-state index contributed by atoms with van der Waals surface area (Å²) in [5, 5.41) is 7.49. The normalized spacial score (nSPS) is 10.8. The molecule has 18 heavy (non-hydrogen) atoms. The van der Waals surface area contributed by atoms with E-state index in [0.29, 0.717) is 0 Å². The Kier molecular flexibility index (Phi) is 4.86.